The number of phenolic OH excluding ortho intramolecular Hbond substituents is 1. The molecule has 0 aliphatic rings. The molecule has 0 radical (unpaired) electrons. The van der Waals surface area contributed by atoms with Gasteiger partial charge in [0, 0.05) is 6.54 Å². The van der Waals surface area contributed by atoms with Crippen LogP contribution in [0.1, 0.15) is 22.8 Å². The van der Waals surface area contributed by atoms with Gasteiger partial charge in [0.2, 0.25) is 0 Å². The Morgan fingerprint density at radius 2 is 1.80 bits per heavy atom. The number of rotatable bonds is 5. The smallest absolute Gasteiger partial charge is 0.339 e. The van der Waals surface area contributed by atoms with E-state index in [0.29, 0.717) is 0 Å². The van der Waals surface area contributed by atoms with Crippen LogP contribution in [0.4, 0.5) is 4.79 Å². The van der Waals surface area contributed by atoms with Crippen molar-refractivity contribution in [2.24, 2.45) is 0 Å². The molecule has 0 aromatic heterocycles. The fraction of sp³-hybridized carbons (Fsp3) is 0.167. The Morgan fingerprint density at radius 3 is 2.48 bits per heavy atom. The van der Waals surface area contributed by atoms with E-state index >= 15 is 0 Å². The van der Waals surface area contributed by atoms with Crippen molar-refractivity contribution < 1.29 is 24.2 Å². The van der Waals surface area contributed by atoms with E-state index in [2.05, 4.69) is 10.6 Å². The number of benzene rings is 2. The summed E-state index contributed by atoms with van der Waals surface area (Å²) >= 11 is 0. The lowest BCUT2D eigenvalue weighted by Crippen LogP contribution is -2.44. The van der Waals surface area contributed by atoms with Gasteiger partial charge < -0.3 is 15.2 Å². The summed E-state index contributed by atoms with van der Waals surface area (Å²) in [6, 6.07) is 14.1. The fourth-order valence-electron chi connectivity index (χ4n) is 1.95. The number of imide groups is 1. The topological polar surface area (TPSA) is 105 Å². The standard InChI is InChI=1S/C18H18N2O5/c1-12(25-17(23)14-8-5-9-15(21)10-14)16(22)20-18(24)19-11-13-6-3-2-4-7-13/h2-10,12,21H,11H2,1H3,(H2,19,20,22,24)/t12-/m1/s1. The number of carbonyl (C=O) groups excluding carboxylic acids is 3. The van der Waals surface area contributed by atoms with Crippen molar-refractivity contribution in [3.8, 4) is 5.75 Å². The maximum absolute atomic E-state index is 11.9. The van der Waals surface area contributed by atoms with E-state index in [1.807, 2.05) is 30.3 Å². The van der Waals surface area contributed by atoms with Gasteiger partial charge in [-0.1, -0.05) is 36.4 Å². The number of carbonyl (C=O) groups is 3. The van der Waals surface area contributed by atoms with Crippen molar-refractivity contribution in [1.82, 2.24) is 10.6 Å². The molecule has 25 heavy (non-hydrogen) atoms. The molecule has 0 saturated heterocycles. The molecule has 0 aliphatic heterocycles. The highest BCUT2D eigenvalue weighted by molar-refractivity contribution is 5.98. The third-order valence-electron chi connectivity index (χ3n) is 3.27. The summed E-state index contributed by atoms with van der Waals surface area (Å²) in [7, 11) is 0. The Bertz CT molecular complexity index is 761. The minimum Gasteiger partial charge on any atom is -0.508 e. The predicted molar refractivity (Wildman–Crippen MR) is 89.8 cm³/mol. The normalized spacial score (nSPS) is 11.2. The quantitative estimate of drug-likeness (QED) is 0.721. The van der Waals surface area contributed by atoms with Gasteiger partial charge in [0.25, 0.3) is 5.91 Å². The predicted octanol–water partition coefficient (Wildman–Crippen LogP) is 1.96. The summed E-state index contributed by atoms with van der Waals surface area (Å²) < 4.78 is 4.97. The van der Waals surface area contributed by atoms with E-state index < -0.39 is 24.0 Å². The summed E-state index contributed by atoms with van der Waals surface area (Å²) in [4.78, 5) is 35.5. The lowest BCUT2D eigenvalue weighted by atomic mass is 10.2. The van der Waals surface area contributed by atoms with Gasteiger partial charge in [-0.05, 0) is 30.7 Å². The number of amides is 3. The zero-order valence-corrected chi connectivity index (χ0v) is 13.6. The summed E-state index contributed by atoms with van der Waals surface area (Å²) in [5.41, 5.74) is 0.988. The van der Waals surface area contributed by atoms with Crippen LogP contribution in [0.25, 0.3) is 0 Å². The van der Waals surface area contributed by atoms with E-state index in [1.165, 1.54) is 31.2 Å². The van der Waals surface area contributed by atoms with Crippen molar-refractivity contribution in [1.29, 1.82) is 0 Å². The van der Waals surface area contributed by atoms with Crippen molar-refractivity contribution in [3.63, 3.8) is 0 Å². The molecule has 0 bridgehead atoms. The molecule has 0 heterocycles. The molecule has 0 fully saturated rings. The maximum atomic E-state index is 11.9. The molecule has 0 unspecified atom stereocenters. The zero-order valence-electron chi connectivity index (χ0n) is 13.6. The van der Waals surface area contributed by atoms with Crippen LogP contribution in [0.2, 0.25) is 0 Å². The van der Waals surface area contributed by atoms with Gasteiger partial charge in [-0.25, -0.2) is 9.59 Å². The summed E-state index contributed by atoms with van der Waals surface area (Å²) in [6.07, 6.45) is -1.17. The first-order valence-electron chi connectivity index (χ1n) is 7.58. The third-order valence-corrected chi connectivity index (χ3v) is 3.27. The highest BCUT2D eigenvalue weighted by Crippen LogP contribution is 2.12. The maximum Gasteiger partial charge on any atom is 0.339 e. The first-order valence-corrected chi connectivity index (χ1v) is 7.58. The lowest BCUT2D eigenvalue weighted by molar-refractivity contribution is -0.127. The van der Waals surface area contributed by atoms with Crippen LogP contribution in [0.5, 0.6) is 5.75 Å². The molecule has 3 amide bonds. The minimum absolute atomic E-state index is 0.0909. The Balaban J connectivity index is 1.81. The molecule has 0 saturated carbocycles. The second kappa shape index (κ2) is 8.49. The minimum atomic E-state index is -1.17. The first-order chi connectivity index (χ1) is 12.0. The van der Waals surface area contributed by atoms with Crippen LogP contribution in [0, 0.1) is 0 Å². The number of phenols is 1. The second-order valence-electron chi connectivity index (χ2n) is 5.26. The lowest BCUT2D eigenvalue weighted by Gasteiger charge is -2.13. The van der Waals surface area contributed by atoms with E-state index in [-0.39, 0.29) is 17.9 Å². The van der Waals surface area contributed by atoms with Gasteiger partial charge >= 0.3 is 12.0 Å². The monoisotopic (exact) mass is 342 g/mol. The van der Waals surface area contributed by atoms with Crippen molar-refractivity contribution in [3.05, 3.63) is 65.7 Å². The van der Waals surface area contributed by atoms with Crippen LogP contribution < -0.4 is 10.6 Å². The SMILES string of the molecule is C[C@@H](OC(=O)c1cccc(O)c1)C(=O)NC(=O)NCc1ccccc1. The van der Waals surface area contributed by atoms with Gasteiger partial charge in [0.1, 0.15) is 5.75 Å². The van der Waals surface area contributed by atoms with Crippen LogP contribution in [0.15, 0.2) is 54.6 Å². The van der Waals surface area contributed by atoms with Gasteiger partial charge in [0.05, 0.1) is 5.56 Å². The number of ether oxygens (including phenoxy) is 1. The number of hydrogen-bond acceptors (Lipinski definition) is 5. The molecular formula is C18H18N2O5. The number of esters is 1. The highest BCUT2D eigenvalue weighted by Gasteiger charge is 2.20. The molecule has 2 aromatic carbocycles. The van der Waals surface area contributed by atoms with E-state index in [1.54, 1.807) is 0 Å². The Morgan fingerprint density at radius 1 is 1.08 bits per heavy atom. The molecule has 2 aromatic rings. The van der Waals surface area contributed by atoms with Crippen molar-refractivity contribution >= 4 is 17.9 Å². The number of hydrogen-bond donors (Lipinski definition) is 3. The molecule has 1 atom stereocenters. The molecule has 0 aliphatic carbocycles. The van der Waals surface area contributed by atoms with Gasteiger partial charge in [0.15, 0.2) is 6.10 Å². The third kappa shape index (κ3) is 5.65. The Kier molecular flexibility index (Phi) is 6.11. The fourth-order valence-corrected chi connectivity index (χ4v) is 1.95. The molecule has 3 N–H and O–H groups in total. The largest absolute Gasteiger partial charge is 0.508 e. The average Bonchev–Trinajstić information content (AvgIpc) is 2.60. The van der Waals surface area contributed by atoms with Crippen molar-refractivity contribution in [2.75, 3.05) is 0 Å². The molecule has 7 nitrogen and oxygen atoms in total. The van der Waals surface area contributed by atoms with Gasteiger partial charge in [-0.3, -0.25) is 10.1 Å². The van der Waals surface area contributed by atoms with Crippen LogP contribution >= 0.6 is 0 Å². The van der Waals surface area contributed by atoms with Crippen LogP contribution in [-0.4, -0.2) is 29.1 Å². The molecule has 130 valence electrons. The summed E-state index contributed by atoms with van der Waals surface area (Å²) in [5, 5.41) is 14.0. The highest BCUT2D eigenvalue weighted by atomic mass is 16.5. The number of urea groups is 1. The molecule has 0 spiro atoms. The van der Waals surface area contributed by atoms with Gasteiger partial charge in [-0.2, -0.15) is 0 Å². The van der Waals surface area contributed by atoms with E-state index in [0.717, 1.165) is 5.56 Å². The van der Waals surface area contributed by atoms with Crippen LogP contribution in [0.3, 0.4) is 0 Å². The van der Waals surface area contributed by atoms with E-state index in [4.69, 9.17) is 4.74 Å². The molecule has 7 heteroatoms. The Hall–Kier alpha value is -3.35. The van der Waals surface area contributed by atoms with Crippen LogP contribution in [-0.2, 0) is 16.1 Å². The molecule has 2 rings (SSSR count). The van der Waals surface area contributed by atoms with Crippen molar-refractivity contribution in [2.45, 2.75) is 19.6 Å². The summed E-state index contributed by atoms with van der Waals surface area (Å²) in [5.74, 6) is -1.62. The average molecular weight is 342 g/mol. The number of aromatic hydroxyl groups is 1. The summed E-state index contributed by atoms with van der Waals surface area (Å²) in [6.45, 7) is 1.61. The van der Waals surface area contributed by atoms with E-state index in [9.17, 15) is 19.5 Å². The molecular weight excluding hydrogens is 324 g/mol. The Labute approximate surface area is 144 Å². The zero-order chi connectivity index (χ0) is 18.2. The second-order valence-corrected chi connectivity index (χ2v) is 5.26. The van der Waals surface area contributed by atoms with Gasteiger partial charge in [-0.15, -0.1) is 0 Å². The first kappa shape index (κ1) is 18.0. The number of nitrogens with one attached hydrogen (secondary N) is 2.